The molecule has 1 saturated heterocycles. The number of halogens is 5. The zero-order valence-electron chi connectivity index (χ0n) is 28.0. The van der Waals surface area contributed by atoms with Crippen LogP contribution in [0.5, 0.6) is 5.75 Å². The molecule has 6 fully saturated rings. The first kappa shape index (κ1) is 33.1. The van der Waals surface area contributed by atoms with Crippen molar-refractivity contribution in [3.8, 4) is 17.1 Å². The Morgan fingerprint density at radius 3 is 2.31 bits per heavy atom. The van der Waals surface area contributed by atoms with Crippen molar-refractivity contribution in [1.29, 1.82) is 0 Å². The largest absolute Gasteiger partial charge is 0.490 e. The van der Waals surface area contributed by atoms with Crippen molar-refractivity contribution in [3.63, 3.8) is 0 Å². The highest BCUT2D eigenvalue weighted by atomic mass is 19.4. The summed E-state index contributed by atoms with van der Waals surface area (Å²) in [5, 5.41) is 13.7. The number of hydrogen-bond donors (Lipinski definition) is 2. The lowest BCUT2D eigenvalue weighted by Crippen LogP contribution is -2.65. The smallest absolute Gasteiger partial charge is 0.434 e. The zero-order valence-corrected chi connectivity index (χ0v) is 28.0. The third kappa shape index (κ3) is 5.58. The van der Waals surface area contributed by atoms with Crippen LogP contribution in [-0.4, -0.2) is 73.1 Å². The third-order valence-corrected chi connectivity index (χ3v) is 12.9. The van der Waals surface area contributed by atoms with Gasteiger partial charge in [0, 0.05) is 41.5 Å². The monoisotopic (exact) mass is 713 g/mol. The molecule has 14 heteroatoms. The Kier molecular flexibility index (Phi) is 7.52. The lowest BCUT2D eigenvalue weighted by Gasteiger charge is -2.47. The van der Waals surface area contributed by atoms with E-state index in [0.29, 0.717) is 54.2 Å². The molecular weight excluding hydrogens is 673 g/mol. The van der Waals surface area contributed by atoms with E-state index >= 15 is 0 Å². The van der Waals surface area contributed by atoms with Gasteiger partial charge in [0.2, 0.25) is 0 Å². The van der Waals surface area contributed by atoms with Gasteiger partial charge in [0.15, 0.2) is 11.5 Å². The van der Waals surface area contributed by atoms with Crippen molar-refractivity contribution < 1.29 is 41.4 Å². The van der Waals surface area contributed by atoms with E-state index in [0.717, 1.165) is 56.7 Å². The number of nitrogens with one attached hydrogen (secondary N) is 1. The van der Waals surface area contributed by atoms with Gasteiger partial charge in [-0.1, -0.05) is 0 Å². The highest BCUT2D eigenvalue weighted by Gasteiger charge is 2.63. The molecule has 2 N–H and O–H groups in total. The van der Waals surface area contributed by atoms with Gasteiger partial charge in [-0.2, -0.15) is 13.2 Å². The van der Waals surface area contributed by atoms with Gasteiger partial charge in [0.05, 0.1) is 30.3 Å². The van der Waals surface area contributed by atoms with Gasteiger partial charge in [0.25, 0.3) is 11.8 Å². The van der Waals surface area contributed by atoms with E-state index in [1.165, 1.54) is 0 Å². The van der Waals surface area contributed by atoms with Gasteiger partial charge in [0.1, 0.15) is 11.3 Å². The maximum atomic E-state index is 14.7. The molecule has 6 aliphatic rings. The first-order valence-corrected chi connectivity index (χ1v) is 18.2. The minimum Gasteiger partial charge on any atom is -0.490 e. The quantitative estimate of drug-likeness (QED) is 0.240. The average molecular weight is 714 g/mol. The second-order valence-electron chi connectivity index (χ2n) is 15.9. The highest BCUT2D eigenvalue weighted by molar-refractivity contribution is 6.00. The molecule has 3 bridgehead atoms. The number of carboxylic acid groups (broad SMARTS) is 1. The number of aromatic nitrogens is 3. The van der Waals surface area contributed by atoms with E-state index in [2.05, 4.69) is 15.3 Å². The molecule has 1 aromatic carbocycles. The van der Waals surface area contributed by atoms with Gasteiger partial charge in [-0.05, 0) is 106 Å². The summed E-state index contributed by atoms with van der Waals surface area (Å²) < 4.78 is 79.0. The molecule has 3 heterocycles. The van der Waals surface area contributed by atoms with Crippen LogP contribution in [0.4, 0.5) is 22.0 Å². The van der Waals surface area contributed by atoms with Gasteiger partial charge in [-0.3, -0.25) is 9.69 Å². The number of fused-ring (bicyclic) bond motifs is 3. The van der Waals surface area contributed by atoms with Crippen molar-refractivity contribution in [2.45, 2.75) is 106 Å². The number of carbonyl (C=O) groups excluding carboxylic acids is 1. The standard InChI is InChI=1S/C37H40F5N5O4/c38-35(39)17-46(18-35)23-5-7-25(8-6-23)51-26-9-10-27-29(16-47(24-3-4-24)30(27)14-26)32-43-15-28(31(44-32)37(40,41)42)33(48)45-36(34(49)50)21-2-1-19-11-22(36)13-20(19)12-21/h9-10,14-16,19-25H,1-8,11-13,17-18H2,(H,45,48)(H,49,50). The van der Waals surface area contributed by atoms with Crippen LogP contribution in [0.25, 0.3) is 22.3 Å². The average Bonchev–Trinajstić information content (AvgIpc) is 3.78. The number of carboxylic acids is 1. The maximum Gasteiger partial charge on any atom is 0.434 e. The number of aliphatic carboxylic acids is 1. The molecule has 2 aromatic heterocycles. The van der Waals surface area contributed by atoms with E-state index in [9.17, 15) is 36.6 Å². The molecule has 9 nitrogen and oxygen atoms in total. The Morgan fingerprint density at radius 1 is 0.922 bits per heavy atom. The van der Waals surface area contributed by atoms with Crippen LogP contribution >= 0.6 is 0 Å². The van der Waals surface area contributed by atoms with Gasteiger partial charge in [-0.25, -0.2) is 23.5 Å². The number of nitrogens with zero attached hydrogens (tertiary/aromatic N) is 4. The first-order chi connectivity index (χ1) is 24.3. The fourth-order valence-electron chi connectivity index (χ4n) is 10.3. The summed E-state index contributed by atoms with van der Waals surface area (Å²) in [7, 11) is 0. The summed E-state index contributed by atoms with van der Waals surface area (Å²) >= 11 is 0. The second-order valence-corrected chi connectivity index (χ2v) is 15.9. The van der Waals surface area contributed by atoms with Gasteiger partial charge >= 0.3 is 12.1 Å². The molecule has 5 aliphatic carbocycles. The Hall–Kier alpha value is -3.81. The summed E-state index contributed by atoms with van der Waals surface area (Å²) in [6, 6.07) is 5.74. The first-order valence-electron chi connectivity index (χ1n) is 18.2. The molecule has 9 rings (SSSR count). The Bertz CT molecular complexity index is 1890. The van der Waals surface area contributed by atoms with Crippen LogP contribution in [0, 0.1) is 23.7 Å². The van der Waals surface area contributed by atoms with Crippen molar-refractivity contribution in [3.05, 3.63) is 41.9 Å². The van der Waals surface area contributed by atoms with Crippen LogP contribution in [0.2, 0.25) is 0 Å². The molecular formula is C37H40F5N5O4. The van der Waals surface area contributed by atoms with Crippen LogP contribution in [-0.2, 0) is 11.0 Å². The molecule has 0 radical (unpaired) electrons. The second kappa shape index (κ2) is 11.6. The van der Waals surface area contributed by atoms with Crippen molar-refractivity contribution in [2.75, 3.05) is 13.1 Å². The predicted molar refractivity (Wildman–Crippen MR) is 174 cm³/mol. The van der Waals surface area contributed by atoms with E-state index < -0.39 is 40.8 Å². The predicted octanol–water partition coefficient (Wildman–Crippen LogP) is 7.10. The fourth-order valence-corrected chi connectivity index (χ4v) is 10.3. The van der Waals surface area contributed by atoms with Crippen molar-refractivity contribution in [1.82, 2.24) is 24.8 Å². The topological polar surface area (TPSA) is 110 Å². The fraction of sp³-hybridized carbons (Fsp3) is 0.622. The van der Waals surface area contributed by atoms with Crippen LogP contribution < -0.4 is 10.1 Å². The normalized spacial score (nSPS) is 32.9. The zero-order chi connectivity index (χ0) is 35.4. The molecule has 1 amide bonds. The minimum atomic E-state index is -5.00. The van der Waals surface area contributed by atoms with Crippen LogP contribution in [0.15, 0.2) is 30.6 Å². The summed E-state index contributed by atoms with van der Waals surface area (Å²) in [5.41, 5.74) is -2.66. The lowest BCUT2D eigenvalue weighted by atomic mass is 9.62. The van der Waals surface area contributed by atoms with E-state index in [-0.39, 0.29) is 48.9 Å². The van der Waals surface area contributed by atoms with Crippen LogP contribution in [0.1, 0.15) is 92.7 Å². The summed E-state index contributed by atoms with van der Waals surface area (Å²) in [6.45, 7) is -0.366. The number of benzene rings is 1. The number of hydrogen-bond acceptors (Lipinski definition) is 6. The SMILES string of the molecule is O=C(NC1(C(=O)O)C2CCC3CC1CC3C2)c1cnc(-c2cn(C3CC3)c3cc(OC4CCC(N5CC(F)(F)C5)CC4)ccc23)nc1C(F)(F)F. The van der Waals surface area contributed by atoms with Crippen LogP contribution in [0.3, 0.4) is 0 Å². The lowest BCUT2D eigenvalue weighted by molar-refractivity contribution is -0.152. The maximum absolute atomic E-state index is 14.7. The van der Waals surface area contributed by atoms with E-state index in [1.807, 2.05) is 15.5 Å². The molecule has 1 aliphatic heterocycles. The Morgan fingerprint density at radius 2 is 1.63 bits per heavy atom. The summed E-state index contributed by atoms with van der Waals surface area (Å²) in [5.74, 6) is -4.34. The number of amides is 1. The minimum absolute atomic E-state index is 0.0697. The molecule has 5 saturated carbocycles. The molecule has 0 spiro atoms. The van der Waals surface area contributed by atoms with E-state index in [1.54, 1.807) is 18.3 Å². The molecule has 272 valence electrons. The number of ether oxygens (including phenoxy) is 1. The highest BCUT2D eigenvalue weighted by Crippen LogP contribution is 2.59. The summed E-state index contributed by atoms with van der Waals surface area (Å²) in [4.78, 5) is 36.6. The Balaban J connectivity index is 0.985. The molecule has 5 atom stereocenters. The summed E-state index contributed by atoms with van der Waals surface area (Å²) in [6.07, 6.45) is 5.85. The number of carbonyl (C=O) groups is 2. The van der Waals surface area contributed by atoms with Crippen molar-refractivity contribution >= 4 is 22.8 Å². The van der Waals surface area contributed by atoms with Crippen molar-refractivity contribution in [2.24, 2.45) is 23.7 Å². The molecule has 51 heavy (non-hydrogen) atoms. The van der Waals surface area contributed by atoms with Gasteiger partial charge < -0.3 is 19.7 Å². The Labute approximate surface area is 290 Å². The molecule has 5 unspecified atom stereocenters. The number of alkyl halides is 5. The van der Waals surface area contributed by atoms with E-state index in [4.69, 9.17) is 4.74 Å². The third-order valence-electron chi connectivity index (χ3n) is 12.9. The number of likely N-dealkylation sites (tertiary alicyclic amines) is 1. The van der Waals surface area contributed by atoms with Gasteiger partial charge in [-0.15, -0.1) is 0 Å². The number of rotatable bonds is 8. The molecule has 3 aromatic rings.